The molecule has 3 aliphatic heterocycles. The fraction of sp³-hybridized carbons (Fsp3) is 0.857. The zero-order chi connectivity index (χ0) is 22.4. The first-order valence-electron chi connectivity index (χ1n) is 11.0. The van der Waals surface area contributed by atoms with Crippen molar-refractivity contribution in [2.75, 3.05) is 17.3 Å². The lowest BCUT2D eigenvalue weighted by molar-refractivity contribution is -0.141. The summed E-state index contributed by atoms with van der Waals surface area (Å²) >= 11 is 5.08. The third-order valence-corrected chi connectivity index (χ3v) is 11.0. The monoisotopic (exact) mass is 487 g/mol. The van der Waals surface area contributed by atoms with Crippen LogP contribution in [0.15, 0.2) is 9.98 Å². The molecule has 10 heteroatoms. The molecular formula is C21H33N3O4S3. The molecule has 7 atom stereocenters. The Morgan fingerprint density at radius 1 is 1.29 bits per heavy atom. The SMILES string of the molecule is CC1(C(=O)O)CSC(C(C)(C)C(O)C2CSC(C3CSC(C4CCCC(O)C4)=N3)N2)=N1. The standard InChI is InChI=1S/C21H33N3O4S3/c1-20(2,18-24-21(3,10-31-18)19(27)28)15(26)13-8-30-17(22-13)14-9-29-16(23-14)11-5-4-6-12(25)7-11/h11-15,17,22,25-26H,4-10H2,1-3H3,(H,27,28). The molecule has 0 aromatic carbocycles. The molecule has 4 N–H and O–H groups in total. The lowest BCUT2D eigenvalue weighted by Gasteiger charge is -2.34. The molecular weight excluding hydrogens is 454 g/mol. The number of carbonyl (C=O) groups is 1. The van der Waals surface area contributed by atoms with Gasteiger partial charge < -0.3 is 15.3 Å². The van der Waals surface area contributed by atoms with E-state index in [9.17, 15) is 20.1 Å². The molecule has 0 radical (unpaired) electrons. The van der Waals surface area contributed by atoms with Gasteiger partial charge in [-0.05, 0) is 26.2 Å². The summed E-state index contributed by atoms with van der Waals surface area (Å²) in [4.78, 5) is 21.0. The summed E-state index contributed by atoms with van der Waals surface area (Å²) in [6, 6.07) is 0.0867. The number of aliphatic hydroxyl groups excluding tert-OH is 2. The zero-order valence-electron chi connectivity index (χ0n) is 18.3. The van der Waals surface area contributed by atoms with Gasteiger partial charge in [0.15, 0.2) is 5.54 Å². The van der Waals surface area contributed by atoms with E-state index in [4.69, 9.17) is 4.99 Å². The molecule has 4 aliphatic rings. The van der Waals surface area contributed by atoms with Gasteiger partial charge in [0.25, 0.3) is 0 Å². The smallest absolute Gasteiger partial charge is 0.332 e. The van der Waals surface area contributed by atoms with Gasteiger partial charge >= 0.3 is 5.97 Å². The number of carboxylic acid groups (broad SMARTS) is 1. The Bertz CT molecular complexity index is 777. The molecule has 0 aromatic heterocycles. The number of nitrogens with zero attached hydrogens (tertiary/aromatic N) is 2. The van der Waals surface area contributed by atoms with Gasteiger partial charge in [0, 0.05) is 34.6 Å². The molecule has 7 unspecified atom stereocenters. The van der Waals surface area contributed by atoms with E-state index >= 15 is 0 Å². The molecule has 1 saturated heterocycles. The maximum Gasteiger partial charge on any atom is 0.332 e. The Kier molecular flexibility index (Phi) is 7.07. The van der Waals surface area contributed by atoms with E-state index in [1.54, 1.807) is 18.7 Å². The number of hydrogen-bond acceptors (Lipinski definition) is 9. The number of rotatable bonds is 6. The van der Waals surface area contributed by atoms with Crippen LogP contribution in [0.5, 0.6) is 0 Å². The van der Waals surface area contributed by atoms with Crippen molar-refractivity contribution < 1.29 is 20.1 Å². The lowest BCUT2D eigenvalue weighted by atomic mass is 9.83. The van der Waals surface area contributed by atoms with Crippen molar-refractivity contribution in [1.82, 2.24) is 5.32 Å². The van der Waals surface area contributed by atoms with Gasteiger partial charge in [0.05, 0.1) is 33.7 Å². The molecule has 174 valence electrons. The molecule has 2 fully saturated rings. The van der Waals surface area contributed by atoms with E-state index in [-0.39, 0.29) is 23.6 Å². The number of aliphatic imine (C=N–C) groups is 2. The molecule has 0 aromatic rings. The molecule has 1 aliphatic carbocycles. The number of thioether (sulfide) groups is 3. The highest BCUT2D eigenvalue weighted by atomic mass is 32.2. The van der Waals surface area contributed by atoms with E-state index < -0.39 is 23.0 Å². The van der Waals surface area contributed by atoms with Crippen LogP contribution in [0.2, 0.25) is 0 Å². The Morgan fingerprint density at radius 2 is 2.06 bits per heavy atom. The molecule has 3 heterocycles. The Balaban J connectivity index is 1.38. The predicted molar refractivity (Wildman–Crippen MR) is 131 cm³/mol. The Hall–Kier alpha value is -0.260. The summed E-state index contributed by atoms with van der Waals surface area (Å²) in [5.41, 5.74) is -1.74. The van der Waals surface area contributed by atoms with E-state index in [1.165, 1.54) is 16.8 Å². The molecule has 0 amide bonds. The van der Waals surface area contributed by atoms with Crippen molar-refractivity contribution in [3.8, 4) is 0 Å². The maximum atomic E-state index is 11.5. The minimum absolute atomic E-state index is 0.0919. The van der Waals surface area contributed by atoms with Crippen LogP contribution in [0.1, 0.15) is 46.5 Å². The van der Waals surface area contributed by atoms with Crippen LogP contribution in [-0.2, 0) is 4.79 Å². The largest absolute Gasteiger partial charge is 0.479 e. The van der Waals surface area contributed by atoms with Gasteiger partial charge in [-0.15, -0.1) is 35.3 Å². The summed E-state index contributed by atoms with van der Waals surface area (Å²) < 4.78 is 0. The molecule has 1 saturated carbocycles. The maximum absolute atomic E-state index is 11.5. The van der Waals surface area contributed by atoms with Crippen molar-refractivity contribution in [3.63, 3.8) is 0 Å². The average Bonchev–Trinajstić information content (AvgIpc) is 3.47. The van der Waals surface area contributed by atoms with Crippen molar-refractivity contribution in [3.05, 3.63) is 0 Å². The van der Waals surface area contributed by atoms with Gasteiger partial charge in [0.2, 0.25) is 0 Å². The minimum Gasteiger partial charge on any atom is -0.479 e. The van der Waals surface area contributed by atoms with Crippen LogP contribution >= 0.6 is 35.3 Å². The first-order chi connectivity index (χ1) is 14.6. The summed E-state index contributed by atoms with van der Waals surface area (Å²) in [6.45, 7) is 5.54. The third kappa shape index (κ3) is 4.84. The Morgan fingerprint density at radius 3 is 2.74 bits per heavy atom. The lowest BCUT2D eigenvalue weighted by Crippen LogP contribution is -2.51. The minimum atomic E-state index is -1.11. The van der Waals surface area contributed by atoms with Gasteiger partial charge in [-0.1, -0.05) is 20.3 Å². The fourth-order valence-corrected chi connectivity index (χ4v) is 8.76. The van der Waals surface area contributed by atoms with Crippen LogP contribution < -0.4 is 5.32 Å². The number of hydrogen-bond donors (Lipinski definition) is 4. The Labute approximate surface area is 196 Å². The van der Waals surface area contributed by atoms with Crippen LogP contribution in [-0.4, -0.2) is 83.8 Å². The van der Waals surface area contributed by atoms with E-state index in [0.717, 1.165) is 37.2 Å². The average molecular weight is 488 g/mol. The fourth-order valence-electron chi connectivity index (χ4n) is 4.66. The van der Waals surface area contributed by atoms with E-state index in [1.807, 2.05) is 25.6 Å². The quantitative estimate of drug-likeness (QED) is 0.452. The summed E-state index contributed by atoms with van der Waals surface area (Å²) in [6.07, 6.45) is 3.06. The summed E-state index contributed by atoms with van der Waals surface area (Å²) in [7, 11) is 0. The van der Waals surface area contributed by atoms with Gasteiger partial charge in [-0.25, -0.2) is 4.79 Å². The topological polar surface area (TPSA) is 115 Å². The molecule has 0 spiro atoms. The van der Waals surface area contributed by atoms with Crippen LogP contribution in [0, 0.1) is 11.3 Å². The summed E-state index contributed by atoms with van der Waals surface area (Å²) in [5, 5.41) is 36.3. The molecule has 0 bridgehead atoms. The highest BCUT2D eigenvalue weighted by Gasteiger charge is 2.48. The van der Waals surface area contributed by atoms with Crippen LogP contribution in [0.3, 0.4) is 0 Å². The second kappa shape index (κ2) is 9.18. The van der Waals surface area contributed by atoms with E-state index in [2.05, 4.69) is 10.3 Å². The number of carboxylic acids is 1. The van der Waals surface area contributed by atoms with Gasteiger partial charge in [-0.2, -0.15) is 0 Å². The molecule has 31 heavy (non-hydrogen) atoms. The zero-order valence-corrected chi connectivity index (χ0v) is 20.7. The highest BCUT2D eigenvalue weighted by Crippen LogP contribution is 2.42. The normalized spacial score (nSPS) is 40.0. The van der Waals surface area contributed by atoms with Crippen molar-refractivity contribution in [2.24, 2.45) is 21.3 Å². The first kappa shape index (κ1) is 23.9. The van der Waals surface area contributed by atoms with Crippen molar-refractivity contribution >= 4 is 51.3 Å². The second-order valence-corrected chi connectivity index (χ2v) is 13.0. The van der Waals surface area contributed by atoms with Crippen LogP contribution in [0.25, 0.3) is 0 Å². The third-order valence-electron chi connectivity index (χ3n) is 6.84. The number of nitrogens with one attached hydrogen (secondary N) is 1. The molecule has 4 rings (SSSR count). The summed E-state index contributed by atoms with van der Waals surface area (Å²) in [5.74, 6) is 1.60. The second-order valence-electron chi connectivity index (χ2n) is 9.84. The van der Waals surface area contributed by atoms with Gasteiger partial charge in [-0.3, -0.25) is 15.3 Å². The number of aliphatic carboxylic acids is 1. The van der Waals surface area contributed by atoms with E-state index in [0.29, 0.717) is 16.7 Å². The van der Waals surface area contributed by atoms with Gasteiger partial charge in [0.1, 0.15) is 0 Å². The first-order valence-corrected chi connectivity index (χ1v) is 14.0. The molecule has 7 nitrogen and oxygen atoms in total. The van der Waals surface area contributed by atoms with Crippen molar-refractivity contribution in [2.45, 2.75) is 81.7 Å². The van der Waals surface area contributed by atoms with Crippen LogP contribution in [0.4, 0.5) is 0 Å². The number of aliphatic hydroxyl groups is 2. The highest BCUT2D eigenvalue weighted by molar-refractivity contribution is 8.14. The predicted octanol–water partition coefficient (Wildman–Crippen LogP) is 2.46. The van der Waals surface area contributed by atoms with Crippen molar-refractivity contribution in [1.29, 1.82) is 0 Å².